The number of sulfonamides is 1. The van der Waals surface area contributed by atoms with Gasteiger partial charge in [0.1, 0.15) is 5.69 Å². The Hall–Kier alpha value is -2.54. The first-order chi connectivity index (χ1) is 9.72. The number of aromatic nitrogens is 2. The van der Waals surface area contributed by atoms with Gasteiger partial charge in [-0.2, -0.15) is 23.5 Å². The van der Waals surface area contributed by atoms with E-state index in [-0.39, 0.29) is 10.5 Å². The number of hydrogen-bond donors (Lipinski definition) is 2. The van der Waals surface area contributed by atoms with Crippen molar-refractivity contribution in [2.75, 3.05) is 4.72 Å². The molecule has 0 unspecified atom stereocenters. The number of hydrogen-bond acceptors (Lipinski definition) is 4. The fraction of sp³-hybridized carbons (Fsp3) is 0.0909. The van der Waals surface area contributed by atoms with Gasteiger partial charge in [-0.3, -0.25) is 9.82 Å². The number of H-pyrrole nitrogens is 1. The third kappa shape index (κ3) is 3.32. The minimum atomic E-state index is -4.65. The van der Waals surface area contributed by atoms with Crippen LogP contribution >= 0.6 is 0 Å². The van der Waals surface area contributed by atoms with Crippen molar-refractivity contribution in [2.45, 2.75) is 11.1 Å². The van der Waals surface area contributed by atoms with Crippen molar-refractivity contribution in [3.63, 3.8) is 0 Å². The first kappa shape index (κ1) is 14.9. The van der Waals surface area contributed by atoms with Gasteiger partial charge in [0.25, 0.3) is 10.0 Å². The summed E-state index contributed by atoms with van der Waals surface area (Å²) in [5, 5.41) is 13.5. The molecule has 0 saturated carbocycles. The van der Waals surface area contributed by atoms with Crippen LogP contribution in [0.3, 0.4) is 0 Å². The number of halogens is 3. The summed E-state index contributed by atoms with van der Waals surface area (Å²) in [6.07, 6.45) is -4.65. The Balaban J connectivity index is 2.25. The van der Waals surface area contributed by atoms with Gasteiger partial charge in [-0.05, 0) is 24.3 Å². The maximum absolute atomic E-state index is 12.4. The molecular weight excluding hydrogens is 309 g/mol. The van der Waals surface area contributed by atoms with E-state index in [1.165, 1.54) is 12.1 Å². The maximum atomic E-state index is 12.4. The van der Waals surface area contributed by atoms with Crippen LogP contribution in [0.5, 0.6) is 0 Å². The first-order valence-electron chi connectivity index (χ1n) is 5.38. The number of aromatic amines is 1. The van der Waals surface area contributed by atoms with E-state index < -0.39 is 27.7 Å². The summed E-state index contributed by atoms with van der Waals surface area (Å²) >= 11 is 0. The Kier molecular flexibility index (Phi) is 3.61. The van der Waals surface area contributed by atoms with Gasteiger partial charge in [0.05, 0.1) is 16.5 Å². The summed E-state index contributed by atoms with van der Waals surface area (Å²) in [6, 6.07) is 7.25. The number of benzene rings is 1. The molecule has 0 aliphatic rings. The zero-order valence-corrected chi connectivity index (χ0v) is 11.0. The Labute approximate surface area is 117 Å². The maximum Gasteiger partial charge on any atom is 0.432 e. The van der Waals surface area contributed by atoms with E-state index >= 15 is 0 Å². The zero-order chi connectivity index (χ0) is 15.7. The fourth-order valence-electron chi connectivity index (χ4n) is 1.42. The van der Waals surface area contributed by atoms with Crippen molar-refractivity contribution < 1.29 is 21.6 Å². The molecule has 2 aromatic rings. The van der Waals surface area contributed by atoms with E-state index in [0.717, 1.165) is 12.1 Å². The molecule has 0 fully saturated rings. The molecule has 21 heavy (non-hydrogen) atoms. The highest BCUT2D eigenvalue weighted by Crippen LogP contribution is 2.29. The van der Waals surface area contributed by atoms with E-state index in [4.69, 9.17) is 5.26 Å². The second-order valence-electron chi connectivity index (χ2n) is 3.91. The lowest BCUT2D eigenvalue weighted by Crippen LogP contribution is -2.13. The van der Waals surface area contributed by atoms with Crippen molar-refractivity contribution >= 4 is 15.8 Å². The lowest BCUT2D eigenvalue weighted by Gasteiger charge is -2.05. The Morgan fingerprint density at radius 2 is 1.86 bits per heavy atom. The molecular formula is C11H7F3N4O2S. The molecule has 110 valence electrons. The summed E-state index contributed by atoms with van der Waals surface area (Å²) in [6.45, 7) is 0. The molecule has 0 spiro atoms. The van der Waals surface area contributed by atoms with E-state index in [1.54, 1.807) is 5.10 Å². The quantitative estimate of drug-likeness (QED) is 0.906. The molecule has 6 nitrogen and oxygen atoms in total. The summed E-state index contributed by atoms with van der Waals surface area (Å²) < 4.78 is 62.9. The van der Waals surface area contributed by atoms with Gasteiger partial charge in [-0.1, -0.05) is 0 Å². The van der Waals surface area contributed by atoms with Crippen LogP contribution in [-0.2, 0) is 16.2 Å². The van der Waals surface area contributed by atoms with Gasteiger partial charge in [-0.15, -0.1) is 0 Å². The largest absolute Gasteiger partial charge is 0.432 e. The Morgan fingerprint density at radius 1 is 1.24 bits per heavy atom. The molecule has 0 aliphatic carbocycles. The van der Waals surface area contributed by atoms with Gasteiger partial charge in [0.15, 0.2) is 5.82 Å². The van der Waals surface area contributed by atoms with Crippen molar-refractivity contribution in [1.82, 2.24) is 10.2 Å². The predicted octanol–water partition coefficient (Wildman–Crippen LogP) is 2.10. The molecule has 0 atom stereocenters. The van der Waals surface area contributed by atoms with E-state index in [2.05, 4.69) is 5.10 Å². The smallest absolute Gasteiger partial charge is 0.271 e. The molecule has 0 saturated heterocycles. The molecule has 10 heteroatoms. The minimum absolute atomic E-state index is 0.196. The number of nitrogens with zero attached hydrogens (tertiary/aromatic N) is 2. The second-order valence-corrected chi connectivity index (χ2v) is 5.59. The van der Waals surface area contributed by atoms with Crippen molar-refractivity contribution in [2.24, 2.45) is 0 Å². The highest BCUT2D eigenvalue weighted by atomic mass is 32.2. The van der Waals surface area contributed by atoms with Crippen molar-refractivity contribution in [3.05, 3.63) is 41.6 Å². The molecule has 0 bridgehead atoms. The molecule has 1 aromatic heterocycles. The van der Waals surface area contributed by atoms with Crippen LogP contribution in [0.25, 0.3) is 0 Å². The number of nitriles is 1. The predicted molar refractivity (Wildman–Crippen MR) is 65.6 cm³/mol. The monoisotopic (exact) mass is 316 g/mol. The SMILES string of the molecule is N#Cc1ccc(S(=O)(=O)Nc2cc(C(F)(F)F)[nH]n2)cc1. The molecule has 2 N–H and O–H groups in total. The topological polar surface area (TPSA) is 98.6 Å². The third-order valence-electron chi connectivity index (χ3n) is 2.42. The van der Waals surface area contributed by atoms with E-state index in [0.29, 0.717) is 6.07 Å². The van der Waals surface area contributed by atoms with Crippen LogP contribution in [0.2, 0.25) is 0 Å². The molecule has 0 radical (unpaired) electrons. The van der Waals surface area contributed by atoms with Gasteiger partial charge >= 0.3 is 6.18 Å². The second kappa shape index (κ2) is 5.10. The number of alkyl halides is 3. The van der Waals surface area contributed by atoms with Crippen LogP contribution < -0.4 is 4.72 Å². The van der Waals surface area contributed by atoms with Gasteiger partial charge in [0.2, 0.25) is 0 Å². The Bertz CT molecular complexity index is 788. The highest BCUT2D eigenvalue weighted by Gasteiger charge is 2.33. The average molecular weight is 316 g/mol. The average Bonchev–Trinajstić information content (AvgIpc) is 2.86. The number of anilines is 1. The molecule has 1 aromatic carbocycles. The molecule has 2 rings (SSSR count). The normalized spacial score (nSPS) is 11.9. The van der Waals surface area contributed by atoms with Crippen molar-refractivity contribution in [1.29, 1.82) is 5.26 Å². The van der Waals surface area contributed by atoms with Gasteiger partial charge < -0.3 is 0 Å². The zero-order valence-electron chi connectivity index (χ0n) is 10.1. The Morgan fingerprint density at radius 3 is 2.33 bits per heavy atom. The first-order valence-corrected chi connectivity index (χ1v) is 6.86. The van der Waals surface area contributed by atoms with Crippen LogP contribution in [0, 0.1) is 11.3 Å². The summed E-state index contributed by atoms with van der Waals surface area (Å²) in [5.74, 6) is -0.480. The number of nitrogens with one attached hydrogen (secondary N) is 2. The van der Waals surface area contributed by atoms with Crippen molar-refractivity contribution in [3.8, 4) is 6.07 Å². The summed E-state index contributed by atoms with van der Waals surface area (Å²) in [7, 11) is -4.08. The summed E-state index contributed by atoms with van der Waals surface area (Å²) in [5.41, 5.74) is -0.909. The summed E-state index contributed by atoms with van der Waals surface area (Å²) in [4.78, 5) is -0.196. The third-order valence-corrected chi connectivity index (χ3v) is 3.79. The van der Waals surface area contributed by atoms with Crippen LogP contribution in [0.15, 0.2) is 35.2 Å². The molecule has 0 aliphatic heterocycles. The lowest BCUT2D eigenvalue weighted by molar-refractivity contribution is -0.141. The lowest BCUT2D eigenvalue weighted by atomic mass is 10.2. The van der Waals surface area contributed by atoms with Crippen LogP contribution in [0.4, 0.5) is 19.0 Å². The minimum Gasteiger partial charge on any atom is -0.271 e. The highest BCUT2D eigenvalue weighted by molar-refractivity contribution is 7.92. The fourth-order valence-corrected chi connectivity index (χ4v) is 2.42. The van der Waals surface area contributed by atoms with Crippen LogP contribution in [0.1, 0.15) is 11.3 Å². The standard InChI is InChI=1S/C11H7F3N4O2S/c12-11(13,14)9-5-10(17-16-9)18-21(19,20)8-3-1-7(6-15)2-4-8/h1-5H,(H2,16,17,18). The number of rotatable bonds is 3. The van der Waals surface area contributed by atoms with E-state index in [1.807, 2.05) is 10.8 Å². The van der Waals surface area contributed by atoms with Gasteiger partial charge in [0, 0.05) is 6.07 Å². The molecule has 0 amide bonds. The molecule has 1 heterocycles. The van der Waals surface area contributed by atoms with Crippen LogP contribution in [-0.4, -0.2) is 18.6 Å². The van der Waals surface area contributed by atoms with E-state index in [9.17, 15) is 21.6 Å². The van der Waals surface area contributed by atoms with Gasteiger partial charge in [-0.25, -0.2) is 8.42 Å².